The molecule has 1 atom stereocenters. The minimum absolute atomic E-state index is 0.0127. The Morgan fingerprint density at radius 1 is 1.56 bits per heavy atom. The SMILES string of the molecule is CCC1COCCN1C(=O)c1ccccc1NN. The van der Waals surface area contributed by atoms with Crippen molar-refractivity contribution in [2.75, 3.05) is 25.2 Å². The van der Waals surface area contributed by atoms with Gasteiger partial charge in [-0.15, -0.1) is 0 Å². The summed E-state index contributed by atoms with van der Waals surface area (Å²) in [6, 6.07) is 7.43. The first-order chi connectivity index (χ1) is 8.77. The third kappa shape index (κ3) is 2.47. The van der Waals surface area contributed by atoms with Crippen LogP contribution in [0.25, 0.3) is 0 Å². The molecule has 1 aliphatic rings. The number of hydrazine groups is 1. The van der Waals surface area contributed by atoms with E-state index in [0.717, 1.165) is 6.42 Å². The van der Waals surface area contributed by atoms with Crippen LogP contribution in [0.3, 0.4) is 0 Å². The van der Waals surface area contributed by atoms with E-state index in [1.807, 2.05) is 17.0 Å². The maximum absolute atomic E-state index is 12.5. The molecule has 1 unspecified atom stereocenters. The number of anilines is 1. The number of rotatable bonds is 3. The minimum atomic E-state index is 0.0127. The molecule has 0 radical (unpaired) electrons. The average Bonchev–Trinajstić information content (AvgIpc) is 2.46. The van der Waals surface area contributed by atoms with Gasteiger partial charge < -0.3 is 15.1 Å². The van der Waals surface area contributed by atoms with Crippen LogP contribution in [0.2, 0.25) is 0 Å². The Labute approximate surface area is 107 Å². The second-order valence-corrected chi connectivity index (χ2v) is 4.33. The van der Waals surface area contributed by atoms with Crippen molar-refractivity contribution in [1.29, 1.82) is 0 Å². The van der Waals surface area contributed by atoms with Crippen LogP contribution in [0.5, 0.6) is 0 Å². The number of hydrogen-bond donors (Lipinski definition) is 2. The van der Waals surface area contributed by atoms with Gasteiger partial charge in [0.05, 0.1) is 30.5 Å². The van der Waals surface area contributed by atoms with Gasteiger partial charge in [0.2, 0.25) is 0 Å². The number of nitrogens with two attached hydrogens (primary N) is 1. The number of nitrogens with zero attached hydrogens (tertiary/aromatic N) is 1. The number of hydrogen-bond acceptors (Lipinski definition) is 4. The molecular weight excluding hydrogens is 230 g/mol. The number of morpholine rings is 1. The Bertz CT molecular complexity index is 422. The first-order valence-electron chi connectivity index (χ1n) is 6.22. The second-order valence-electron chi connectivity index (χ2n) is 4.33. The van der Waals surface area contributed by atoms with Crippen LogP contribution in [0.15, 0.2) is 24.3 Å². The van der Waals surface area contributed by atoms with Crippen molar-refractivity contribution in [3.05, 3.63) is 29.8 Å². The lowest BCUT2D eigenvalue weighted by atomic mass is 10.1. The molecule has 1 aliphatic heterocycles. The van der Waals surface area contributed by atoms with Gasteiger partial charge in [-0.3, -0.25) is 10.6 Å². The van der Waals surface area contributed by atoms with Crippen LogP contribution in [0.4, 0.5) is 5.69 Å². The van der Waals surface area contributed by atoms with Crippen LogP contribution in [-0.4, -0.2) is 36.6 Å². The Morgan fingerprint density at radius 2 is 2.33 bits per heavy atom. The van der Waals surface area contributed by atoms with E-state index < -0.39 is 0 Å². The van der Waals surface area contributed by atoms with Gasteiger partial charge in [-0.25, -0.2) is 0 Å². The monoisotopic (exact) mass is 249 g/mol. The summed E-state index contributed by atoms with van der Waals surface area (Å²) in [5.74, 6) is 5.45. The van der Waals surface area contributed by atoms with E-state index in [-0.39, 0.29) is 11.9 Å². The molecule has 3 N–H and O–H groups in total. The van der Waals surface area contributed by atoms with Crippen LogP contribution in [0, 0.1) is 0 Å². The maximum atomic E-state index is 12.5. The standard InChI is InChI=1S/C13H19N3O2/c1-2-10-9-18-8-7-16(10)13(17)11-5-3-4-6-12(11)15-14/h3-6,10,15H,2,7-9,14H2,1H3. The number of ether oxygens (including phenoxy) is 1. The lowest BCUT2D eigenvalue weighted by Crippen LogP contribution is -2.48. The van der Waals surface area contributed by atoms with Crippen molar-refractivity contribution in [1.82, 2.24) is 4.90 Å². The van der Waals surface area contributed by atoms with Gasteiger partial charge in [0.25, 0.3) is 5.91 Å². The van der Waals surface area contributed by atoms with Crippen LogP contribution < -0.4 is 11.3 Å². The van der Waals surface area contributed by atoms with E-state index in [2.05, 4.69) is 12.3 Å². The molecular formula is C13H19N3O2. The minimum Gasteiger partial charge on any atom is -0.377 e. The molecule has 5 heteroatoms. The number of carbonyl (C=O) groups excluding carboxylic acids is 1. The summed E-state index contributed by atoms with van der Waals surface area (Å²) in [5, 5.41) is 0. The van der Waals surface area contributed by atoms with Crippen molar-refractivity contribution >= 4 is 11.6 Å². The number of nitrogens with one attached hydrogen (secondary N) is 1. The van der Waals surface area contributed by atoms with E-state index in [1.165, 1.54) is 0 Å². The molecule has 2 rings (SSSR count). The first kappa shape index (κ1) is 12.9. The normalized spacial score (nSPS) is 19.7. The average molecular weight is 249 g/mol. The molecule has 0 saturated carbocycles. The zero-order valence-electron chi connectivity index (χ0n) is 10.6. The second kappa shape index (κ2) is 5.84. The lowest BCUT2D eigenvalue weighted by Gasteiger charge is -2.35. The van der Waals surface area contributed by atoms with Crippen LogP contribution >= 0.6 is 0 Å². The lowest BCUT2D eigenvalue weighted by molar-refractivity contribution is -0.00274. The number of nitrogen functional groups attached to an aromatic ring is 1. The number of amides is 1. The zero-order chi connectivity index (χ0) is 13.0. The highest BCUT2D eigenvalue weighted by atomic mass is 16.5. The third-order valence-corrected chi connectivity index (χ3v) is 3.27. The Kier molecular flexibility index (Phi) is 4.17. The molecule has 1 heterocycles. The topological polar surface area (TPSA) is 67.6 Å². The smallest absolute Gasteiger partial charge is 0.256 e. The summed E-state index contributed by atoms with van der Waals surface area (Å²) in [6.45, 7) is 3.91. The fourth-order valence-electron chi connectivity index (χ4n) is 2.21. The predicted molar refractivity (Wildman–Crippen MR) is 70.2 cm³/mol. The van der Waals surface area contributed by atoms with Gasteiger partial charge in [-0.05, 0) is 18.6 Å². The van der Waals surface area contributed by atoms with E-state index >= 15 is 0 Å². The maximum Gasteiger partial charge on any atom is 0.256 e. The van der Waals surface area contributed by atoms with E-state index in [1.54, 1.807) is 12.1 Å². The number of para-hydroxylation sites is 1. The van der Waals surface area contributed by atoms with Gasteiger partial charge >= 0.3 is 0 Å². The fourth-order valence-corrected chi connectivity index (χ4v) is 2.21. The van der Waals surface area contributed by atoms with Crippen molar-refractivity contribution < 1.29 is 9.53 Å². The summed E-state index contributed by atoms with van der Waals surface area (Å²) in [5.41, 5.74) is 3.84. The molecule has 0 aromatic heterocycles. The van der Waals surface area contributed by atoms with Gasteiger partial charge in [0.15, 0.2) is 0 Å². The van der Waals surface area contributed by atoms with Crippen molar-refractivity contribution in [3.8, 4) is 0 Å². The molecule has 1 aromatic rings. The molecule has 0 aliphatic carbocycles. The predicted octanol–water partition coefficient (Wildman–Crippen LogP) is 1.22. The summed E-state index contributed by atoms with van der Waals surface area (Å²) < 4.78 is 5.41. The van der Waals surface area contributed by atoms with Crippen LogP contribution in [0.1, 0.15) is 23.7 Å². The third-order valence-electron chi connectivity index (χ3n) is 3.27. The van der Waals surface area contributed by atoms with Gasteiger partial charge in [0.1, 0.15) is 0 Å². The first-order valence-corrected chi connectivity index (χ1v) is 6.22. The quantitative estimate of drug-likeness (QED) is 0.624. The summed E-state index contributed by atoms with van der Waals surface area (Å²) >= 11 is 0. The van der Waals surface area contributed by atoms with Gasteiger partial charge in [-0.2, -0.15) is 0 Å². The molecule has 1 fully saturated rings. The molecule has 1 saturated heterocycles. The Morgan fingerprint density at radius 3 is 3.06 bits per heavy atom. The summed E-state index contributed by atoms with van der Waals surface area (Å²) in [4.78, 5) is 14.4. The van der Waals surface area contributed by atoms with Crippen LogP contribution in [-0.2, 0) is 4.74 Å². The molecule has 1 aromatic carbocycles. The van der Waals surface area contributed by atoms with E-state index in [9.17, 15) is 4.79 Å². The highest BCUT2D eigenvalue weighted by molar-refractivity contribution is 5.99. The summed E-state index contributed by atoms with van der Waals surface area (Å²) in [6.07, 6.45) is 0.893. The summed E-state index contributed by atoms with van der Waals surface area (Å²) in [7, 11) is 0. The highest BCUT2D eigenvalue weighted by Crippen LogP contribution is 2.20. The Hall–Kier alpha value is -1.59. The van der Waals surface area contributed by atoms with E-state index in [4.69, 9.17) is 10.6 Å². The van der Waals surface area contributed by atoms with Crippen molar-refractivity contribution in [3.63, 3.8) is 0 Å². The fraction of sp³-hybridized carbons (Fsp3) is 0.462. The Balaban J connectivity index is 2.24. The highest BCUT2D eigenvalue weighted by Gasteiger charge is 2.27. The molecule has 0 bridgehead atoms. The largest absolute Gasteiger partial charge is 0.377 e. The van der Waals surface area contributed by atoms with Crippen molar-refractivity contribution in [2.24, 2.45) is 5.84 Å². The van der Waals surface area contributed by atoms with Gasteiger partial charge in [-0.1, -0.05) is 19.1 Å². The number of benzene rings is 1. The number of carbonyl (C=O) groups is 1. The molecule has 1 amide bonds. The molecule has 98 valence electrons. The van der Waals surface area contributed by atoms with Gasteiger partial charge in [0, 0.05) is 6.54 Å². The zero-order valence-corrected chi connectivity index (χ0v) is 10.6. The molecule has 0 spiro atoms. The molecule has 18 heavy (non-hydrogen) atoms. The van der Waals surface area contributed by atoms with Crippen molar-refractivity contribution in [2.45, 2.75) is 19.4 Å². The molecule has 5 nitrogen and oxygen atoms in total. The van der Waals surface area contributed by atoms with E-state index in [0.29, 0.717) is 31.0 Å².